The fourth-order valence-corrected chi connectivity index (χ4v) is 0.821. The van der Waals surface area contributed by atoms with E-state index < -0.39 is 18.0 Å². The third-order valence-electron chi connectivity index (χ3n) is 1.41. The van der Waals surface area contributed by atoms with Crippen molar-refractivity contribution in [2.45, 2.75) is 12.9 Å². The van der Waals surface area contributed by atoms with Gasteiger partial charge in [-0.15, -0.1) is 13.2 Å². The Morgan fingerprint density at radius 2 is 2.14 bits per heavy atom. The van der Waals surface area contributed by atoms with E-state index in [4.69, 9.17) is 5.73 Å². The SMILES string of the molecule is NCc1ccnc(OC(F)(F)F)c1O. The number of alkyl halides is 3. The number of rotatable bonds is 2. The number of aromatic nitrogens is 1. The molecule has 78 valence electrons. The molecule has 14 heavy (non-hydrogen) atoms. The number of pyridine rings is 1. The predicted octanol–water partition coefficient (Wildman–Crippen LogP) is 1.14. The minimum Gasteiger partial charge on any atom is -0.503 e. The third-order valence-corrected chi connectivity index (χ3v) is 1.41. The molecule has 0 aliphatic heterocycles. The van der Waals surface area contributed by atoms with Gasteiger partial charge in [-0.25, -0.2) is 4.98 Å². The maximum absolute atomic E-state index is 11.8. The lowest BCUT2D eigenvalue weighted by Gasteiger charge is -2.10. The van der Waals surface area contributed by atoms with Gasteiger partial charge in [0.05, 0.1) is 0 Å². The van der Waals surface area contributed by atoms with Gasteiger partial charge in [-0.2, -0.15) is 0 Å². The second-order valence-corrected chi connectivity index (χ2v) is 2.38. The highest BCUT2D eigenvalue weighted by Crippen LogP contribution is 2.31. The van der Waals surface area contributed by atoms with Gasteiger partial charge in [0.2, 0.25) is 0 Å². The average Bonchev–Trinajstić information content (AvgIpc) is 2.06. The molecule has 0 saturated carbocycles. The summed E-state index contributed by atoms with van der Waals surface area (Å²) in [6.07, 6.45) is -3.80. The Kier molecular flexibility index (Phi) is 2.80. The first-order valence-electron chi connectivity index (χ1n) is 3.56. The summed E-state index contributed by atoms with van der Waals surface area (Å²) >= 11 is 0. The molecule has 1 rings (SSSR count). The molecule has 1 heterocycles. The number of halogens is 3. The van der Waals surface area contributed by atoms with E-state index in [1.165, 1.54) is 6.07 Å². The molecule has 0 aromatic carbocycles. The Morgan fingerprint density at radius 1 is 1.50 bits per heavy atom. The fourth-order valence-electron chi connectivity index (χ4n) is 0.821. The molecule has 0 bridgehead atoms. The van der Waals surface area contributed by atoms with Gasteiger partial charge in [-0.05, 0) is 6.07 Å². The van der Waals surface area contributed by atoms with Gasteiger partial charge in [0, 0.05) is 18.3 Å². The van der Waals surface area contributed by atoms with Crippen LogP contribution in [0.1, 0.15) is 5.56 Å². The van der Waals surface area contributed by atoms with Gasteiger partial charge < -0.3 is 15.6 Å². The molecule has 0 unspecified atom stereocenters. The van der Waals surface area contributed by atoms with Crippen molar-refractivity contribution in [1.29, 1.82) is 0 Å². The maximum atomic E-state index is 11.8. The van der Waals surface area contributed by atoms with Crippen LogP contribution in [-0.4, -0.2) is 16.5 Å². The van der Waals surface area contributed by atoms with Gasteiger partial charge in [0.25, 0.3) is 5.88 Å². The predicted molar refractivity (Wildman–Crippen MR) is 40.5 cm³/mol. The highest BCUT2D eigenvalue weighted by Gasteiger charge is 2.33. The van der Waals surface area contributed by atoms with Crippen LogP contribution in [0.3, 0.4) is 0 Å². The van der Waals surface area contributed by atoms with Crippen LogP contribution in [-0.2, 0) is 6.54 Å². The smallest absolute Gasteiger partial charge is 0.503 e. The summed E-state index contributed by atoms with van der Waals surface area (Å²) < 4.78 is 38.7. The van der Waals surface area contributed by atoms with E-state index in [9.17, 15) is 18.3 Å². The molecule has 0 atom stereocenters. The normalized spacial score (nSPS) is 11.4. The zero-order chi connectivity index (χ0) is 10.8. The number of aromatic hydroxyl groups is 1. The number of hydrogen-bond donors (Lipinski definition) is 2. The Hall–Kier alpha value is -1.50. The molecule has 0 fully saturated rings. The van der Waals surface area contributed by atoms with Crippen LogP contribution in [0.4, 0.5) is 13.2 Å². The summed E-state index contributed by atoms with van der Waals surface area (Å²) in [6, 6.07) is 1.30. The van der Waals surface area contributed by atoms with Gasteiger partial charge in [0.1, 0.15) is 0 Å². The Morgan fingerprint density at radius 3 is 2.64 bits per heavy atom. The molecule has 4 nitrogen and oxygen atoms in total. The summed E-state index contributed by atoms with van der Waals surface area (Å²) in [5.41, 5.74) is 5.30. The van der Waals surface area contributed by atoms with Gasteiger partial charge in [-0.1, -0.05) is 0 Å². The first-order valence-corrected chi connectivity index (χ1v) is 3.56. The summed E-state index contributed by atoms with van der Waals surface area (Å²) in [5, 5.41) is 9.18. The number of ether oxygens (including phenoxy) is 1. The second-order valence-electron chi connectivity index (χ2n) is 2.38. The lowest BCUT2D eigenvalue weighted by atomic mass is 10.2. The van der Waals surface area contributed by atoms with Gasteiger partial charge in [-0.3, -0.25) is 0 Å². The monoisotopic (exact) mass is 208 g/mol. The Balaban J connectivity index is 2.98. The highest BCUT2D eigenvalue weighted by molar-refractivity contribution is 5.39. The Bertz CT molecular complexity index is 327. The van der Waals surface area contributed by atoms with Crippen LogP contribution in [0.25, 0.3) is 0 Å². The molecule has 0 radical (unpaired) electrons. The molecule has 0 amide bonds. The topological polar surface area (TPSA) is 68.4 Å². The molecule has 7 heteroatoms. The van der Waals surface area contributed by atoms with Crippen molar-refractivity contribution < 1.29 is 23.0 Å². The van der Waals surface area contributed by atoms with E-state index in [1.807, 2.05) is 0 Å². The molecular formula is C7H7F3N2O2. The van der Waals surface area contributed by atoms with Crippen molar-refractivity contribution in [2.24, 2.45) is 5.73 Å². The van der Waals surface area contributed by atoms with Crippen molar-refractivity contribution in [3.05, 3.63) is 17.8 Å². The first kappa shape index (κ1) is 10.6. The van der Waals surface area contributed by atoms with Crippen molar-refractivity contribution in [1.82, 2.24) is 4.98 Å². The maximum Gasteiger partial charge on any atom is 0.574 e. The highest BCUT2D eigenvalue weighted by atomic mass is 19.4. The standard InChI is InChI=1S/C7H7F3N2O2/c8-7(9,10)14-6-5(13)4(3-11)1-2-12-6/h1-2,13H,3,11H2. The number of nitrogens with zero attached hydrogens (tertiary/aromatic N) is 1. The quantitative estimate of drug-likeness (QED) is 0.764. The molecule has 3 N–H and O–H groups in total. The molecule has 0 aliphatic carbocycles. The van der Waals surface area contributed by atoms with Crippen LogP contribution >= 0.6 is 0 Å². The molecule has 1 aromatic rings. The Labute approximate surface area is 77.1 Å². The van der Waals surface area contributed by atoms with E-state index in [0.717, 1.165) is 6.20 Å². The molecular weight excluding hydrogens is 201 g/mol. The third kappa shape index (κ3) is 2.49. The fraction of sp³-hybridized carbons (Fsp3) is 0.286. The van der Waals surface area contributed by atoms with E-state index in [-0.39, 0.29) is 12.1 Å². The second kappa shape index (κ2) is 3.70. The lowest BCUT2D eigenvalue weighted by molar-refractivity contribution is -0.276. The molecule has 0 saturated heterocycles. The zero-order valence-corrected chi connectivity index (χ0v) is 6.88. The van der Waals surface area contributed by atoms with E-state index in [2.05, 4.69) is 9.72 Å². The van der Waals surface area contributed by atoms with Crippen LogP contribution in [0.5, 0.6) is 11.6 Å². The average molecular weight is 208 g/mol. The van der Waals surface area contributed by atoms with Crippen molar-refractivity contribution in [3.63, 3.8) is 0 Å². The number of hydrogen-bond acceptors (Lipinski definition) is 4. The molecule has 0 aliphatic rings. The molecule has 0 spiro atoms. The van der Waals surface area contributed by atoms with Crippen molar-refractivity contribution in [2.75, 3.05) is 0 Å². The van der Waals surface area contributed by atoms with Crippen LogP contribution in [0.2, 0.25) is 0 Å². The van der Waals surface area contributed by atoms with Crippen LogP contribution < -0.4 is 10.5 Å². The lowest BCUT2D eigenvalue weighted by Crippen LogP contribution is -2.18. The summed E-state index contributed by atoms with van der Waals surface area (Å²) in [7, 11) is 0. The van der Waals surface area contributed by atoms with Crippen LogP contribution in [0, 0.1) is 0 Å². The van der Waals surface area contributed by atoms with E-state index in [0.29, 0.717) is 0 Å². The molecule has 1 aromatic heterocycles. The summed E-state index contributed by atoms with van der Waals surface area (Å²) in [4.78, 5) is 3.22. The number of nitrogens with two attached hydrogens (primary N) is 1. The van der Waals surface area contributed by atoms with E-state index >= 15 is 0 Å². The minimum absolute atomic E-state index is 0.0947. The zero-order valence-electron chi connectivity index (χ0n) is 6.88. The van der Waals surface area contributed by atoms with Gasteiger partial charge >= 0.3 is 6.36 Å². The van der Waals surface area contributed by atoms with Gasteiger partial charge in [0.15, 0.2) is 5.75 Å². The summed E-state index contributed by atoms with van der Waals surface area (Å²) in [6.45, 7) is -0.0947. The first-order chi connectivity index (χ1) is 6.44. The van der Waals surface area contributed by atoms with E-state index in [1.54, 1.807) is 0 Å². The minimum atomic E-state index is -4.88. The largest absolute Gasteiger partial charge is 0.574 e. The van der Waals surface area contributed by atoms with Crippen molar-refractivity contribution >= 4 is 0 Å². The van der Waals surface area contributed by atoms with Crippen molar-refractivity contribution in [3.8, 4) is 11.6 Å². The van der Waals surface area contributed by atoms with Crippen LogP contribution in [0.15, 0.2) is 12.3 Å². The summed E-state index contributed by atoms with van der Waals surface area (Å²) in [5.74, 6) is -1.58.